The maximum atomic E-state index is 12.5. The van der Waals surface area contributed by atoms with Gasteiger partial charge in [-0.25, -0.2) is 8.42 Å². The van der Waals surface area contributed by atoms with Crippen LogP contribution in [0.4, 0.5) is 10.8 Å². The molecule has 0 aliphatic carbocycles. The Kier molecular flexibility index (Phi) is 6.76. The summed E-state index contributed by atoms with van der Waals surface area (Å²) in [4.78, 5) is 12.5. The largest absolute Gasteiger partial charge is 0.497 e. The fraction of sp³-hybridized carbons (Fsp3) is 0.250. The van der Waals surface area contributed by atoms with Crippen molar-refractivity contribution in [2.45, 2.75) is 13.0 Å². The number of aromatic nitrogens is 2. The van der Waals surface area contributed by atoms with Crippen LogP contribution in [0.2, 0.25) is 0 Å². The van der Waals surface area contributed by atoms with Crippen molar-refractivity contribution in [2.24, 2.45) is 0 Å². The first kappa shape index (κ1) is 22.5. The van der Waals surface area contributed by atoms with E-state index in [1.54, 1.807) is 38.3 Å². The van der Waals surface area contributed by atoms with Crippen molar-refractivity contribution < 1.29 is 22.7 Å². The minimum Gasteiger partial charge on any atom is -0.497 e. The Labute approximate surface area is 184 Å². The van der Waals surface area contributed by atoms with Crippen LogP contribution in [0.5, 0.6) is 11.5 Å². The summed E-state index contributed by atoms with van der Waals surface area (Å²) >= 11 is 1.25. The summed E-state index contributed by atoms with van der Waals surface area (Å²) in [5.41, 5.74) is 1.36. The second-order valence-electron chi connectivity index (χ2n) is 6.61. The number of hydrogen-bond donors (Lipinski definition) is 1. The van der Waals surface area contributed by atoms with E-state index in [2.05, 4.69) is 15.5 Å². The molecule has 1 N–H and O–H groups in total. The zero-order valence-corrected chi connectivity index (χ0v) is 19.0. The van der Waals surface area contributed by atoms with E-state index in [1.165, 1.54) is 18.4 Å². The lowest BCUT2D eigenvalue weighted by Crippen LogP contribution is -2.30. The van der Waals surface area contributed by atoms with Crippen molar-refractivity contribution in [3.05, 3.63) is 48.5 Å². The topological polar surface area (TPSA) is 111 Å². The zero-order chi connectivity index (χ0) is 22.6. The molecule has 1 aromatic heterocycles. The van der Waals surface area contributed by atoms with Crippen molar-refractivity contribution in [2.75, 3.05) is 30.0 Å². The SMILES string of the molecule is COc1ccc(-c2nnc(NC(=O)[C@@H](C)Oc3ccc(N(C)S(C)(=O)=O)cc3)s2)cc1. The van der Waals surface area contributed by atoms with E-state index in [-0.39, 0.29) is 5.91 Å². The Balaban J connectivity index is 1.60. The molecule has 3 rings (SSSR count). The number of ether oxygens (including phenoxy) is 2. The third-order valence-electron chi connectivity index (χ3n) is 4.37. The molecule has 0 spiro atoms. The molecule has 0 aliphatic rings. The fourth-order valence-corrected chi connectivity index (χ4v) is 3.77. The lowest BCUT2D eigenvalue weighted by Gasteiger charge is -2.18. The maximum absolute atomic E-state index is 12.5. The average Bonchev–Trinajstić information content (AvgIpc) is 3.21. The number of nitrogens with zero attached hydrogens (tertiary/aromatic N) is 3. The van der Waals surface area contributed by atoms with Crippen LogP contribution in [0.1, 0.15) is 6.92 Å². The highest BCUT2D eigenvalue weighted by molar-refractivity contribution is 7.92. The maximum Gasteiger partial charge on any atom is 0.266 e. The molecule has 1 atom stereocenters. The van der Waals surface area contributed by atoms with E-state index >= 15 is 0 Å². The van der Waals surface area contributed by atoms with E-state index in [1.807, 2.05) is 24.3 Å². The van der Waals surface area contributed by atoms with E-state index in [4.69, 9.17) is 9.47 Å². The lowest BCUT2D eigenvalue weighted by atomic mass is 10.2. The molecule has 0 fully saturated rings. The lowest BCUT2D eigenvalue weighted by molar-refractivity contribution is -0.122. The molecular weight excluding hydrogens is 440 g/mol. The normalized spacial score (nSPS) is 12.1. The van der Waals surface area contributed by atoms with Gasteiger partial charge in [0.1, 0.15) is 16.5 Å². The molecule has 0 saturated heterocycles. The molecule has 0 bridgehead atoms. The van der Waals surface area contributed by atoms with Gasteiger partial charge in [-0.15, -0.1) is 10.2 Å². The van der Waals surface area contributed by atoms with Gasteiger partial charge in [0.05, 0.1) is 19.1 Å². The van der Waals surface area contributed by atoms with Crippen molar-refractivity contribution in [1.82, 2.24) is 10.2 Å². The summed E-state index contributed by atoms with van der Waals surface area (Å²) in [6.07, 6.45) is 0.323. The van der Waals surface area contributed by atoms with Gasteiger partial charge in [0, 0.05) is 12.6 Å². The summed E-state index contributed by atoms with van der Waals surface area (Å²) in [5, 5.41) is 11.8. The Bertz CT molecular complexity index is 1150. The summed E-state index contributed by atoms with van der Waals surface area (Å²) in [6.45, 7) is 1.61. The van der Waals surface area contributed by atoms with Crippen molar-refractivity contribution in [1.29, 1.82) is 0 Å². The molecule has 1 amide bonds. The van der Waals surface area contributed by atoms with Gasteiger partial charge in [-0.3, -0.25) is 14.4 Å². The number of hydrogen-bond acceptors (Lipinski definition) is 8. The van der Waals surface area contributed by atoms with E-state index in [0.717, 1.165) is 21.9 Å². The molecule has 31 heavy (non-hydrogen) atoms. The van der Waals surface area contributed by atoms with Gasteiger partial charge in [-0.05, 0) is 55.5 Å². The predicted octanol–water partition coefficient (Wildman–Crippen LogP) is 3.02. The second-order valence-corrected chi connectivity index (χ2v) is 9.61. The highest BCUT2D eigenvalue weighted by atomic mass is 32.2. The van der Waals surface area contributed by atoms with Gasteiger partial charge >= 0.3 is 0 Å². The smallest absolute Gasteiger partial charge is 0.266 e. The number of sulfonamides is 1. The first-order valence-electron chi connectivity index (χ1n) is 9.17. The van der Waals surface area contributed by atoms with Crippen LogP contribution in [0, 0.1) is 0 Å². The molecule has 9 nitrogen and oxygen atoms in total. The van der Waals surface area contributed by atoms with Crippen molar-refractivity contribution >= 4 is 38.1 Å². The van der Waals surface area contributed by atoms with Gasteiger partial charge < -0.3 is 9.47 Å². The van der Waals surface area contributed by atoms with Crippen LogP contribution >= 0.6 is 11.3 Å². The molecule has 3 aromatic rings. The van der Waals surface area contributed by atoms with Gasteiger partial charge in [0.25, 0.3) is 5.91 Å². The Morgan fingerprint density at radius 2 is 1.68 bits per heavy atom. The standard InChI is InChI=1S/C20H22N4O5S2/c1-13(29-17-11-7-15(8-12-17)24(2)31(4,26)27)18(25)21-20-23-22-19(30-20)14-5-9-16(28-3)10-6-14/h5-13H,1-4H3,(H,21,23,25)/t13-/m1/s1. The number of anilines is 2. The van der Waals surface area contributed by atoms with Crippen molar-refractivity contribution in [3.63, 3.8) is 0 Å². The predicted molar refractivity (Wildman–Crippen MR) is 120 cm³/mol. The first-order chi connectivity index (χ1) is 14.7. The zero-order valence-electron chi connectivity index (χ0n) is 17.4. The molecule has 11 heteroatoms. The van der Waals surface area contributed by atoms with Gasteiger partial charge in [-0.2, -0.15) is 0 Å². The molecule has 0 aliphatic heterocycles. The number of rotatable bonds is 8. The molecule has 0 radical (unpaired) electrons. The van der Waals surface area contributed by atoms with Crippen LogP contribution in [-0.4, -0.2) is 51.0 Å². The Hall–Kier alpha value is -3.18. The van der Waals surface area contributed by atoms with Crippen molar-refractivity contribution in [3.8, 4) is 22.1 Å². The average molecular weight is 463 g/mol. The summed E-state index contributed by atoms with van der Waals surface area (Å²) in [7, 11) is -0.293. The molecular formula is C20H22N4O5S2. The minimum absolute atomic E-state index is 0.358. The van der Waals surface area contributed by atoms with Crippen LogP contribution < -0.4 is 19.1 Å². The van der Waals surface area contributed by atoms with Gasteiger partial charge in [-0.1, -0.05) is 11.3 Å². The van der Waals surface area contributed by atoms with Gasteiger partial charge in [0.15, 0.2) is 6.10 Å². The van der Waals surface area contributed by atoms with Crippen LogP contribution in [0.3, 0.4) is 0 Å². The molecule has 1 heterocycles. The van der Waals surface area contributed by atoms with Crippen LogP contribution in [0.25, 0.3) is 10.6 Å². The fourth-order valence-electron chi connectivity index (χ4n) is 2.51. The Morgan fingerprint density at radius 3 is 2.26 bits per heavy atom. The van der Waals surface area contributed by atoms with Crippen LogP contribution in [-0.2, 0) is 14.8 Å². The van der Waals surface area contributed by atoms with E-state index < -0.39 is 16.1 Å². The second kappa shape index (κ2) is 9.31. The minimum atomic E-state index is -3.35. The number of nitrogens with one attached hydrogen (secondary N) is 1. The van der Waals surface area contributed by atoms with Crippen LogP contribution in [0.15, 0.2) is 48.5 Å². The highest BCUT2D eigenvalue weighted by Crippen LogP contribution is 2.28. The third kappa shape index (κ3) is 5.70. The Morgan fingerprint density at radius 1 is 1.06 bits per heavy atom. The quantitative estimate of drug-likeness (QED) is 0.548. The van der Waals surface area contributed by atoms with E-state index in [0.29, 0.717) is 21.6 Å². The summed E-state index contributed by atoms with van der Waals surface area (Å²) in [6, 6.07) is 13.8. The monoisotopic (exact) mass is 462 g/mol. The summed E-state index contributed by atoms with van der Waals surface area (Å²) in [5.74, 6) is 0.794. The molecule has 164 valence electrons. The molecule has 2 aromatic carbocycles. The number of amides is 1. The van der Waals surface area contributed by atoms with E-state index in [9.17, 15) is 13.2 Å². The number of methoxy groups -OCH3 is 1. The molecule has 0 unspecified atom stereocenters. The first-order valence-corrected chi connectivity index (χ1v) is 11.8. The summed E-state index contributed by atoms with van der Waals surface area (Å²) < 4.78 is 35.2. The number of carbonyl (C=O) groups excluding carboxylic acids is 1. The molecule has 0 saturated carbocycles. The highest BCUT2D eigenvalue weighted by Gasteiger charge is 2.18. The number of carbonyl (C=O) groups is 1. The number of benzene rings is 2. The van der Waals surface area contributed by atoms with Gasteiger partial charge in [0.2, 0.25) is 15.2 Å². The third-order valence-corrected chi connectivity index (χ3v) is 6.47.